The molecule has 174 valence electrons. The minimum Gasteiger partial charge on any atom is -0.497 e. The van der Waals surface area contributed by atoms with Gasteiger partial charge in [-0.25, -0.2) is 0 Å². The number of nitrogens with one attached hydrogen (secondary N) is 4. The van der Waals surface area contributed by atoms with Gasteiger partial charge in [-0.3, -0.25) is 14.6 Å². The van der Waals surface area contributed by atoms with Crippen LogP contribution in [0.15, 0.2) is 53.5 Å². The predicted molar refractivity (Wildman–Crippen MR) is 138 cm³/mol. The summed E-state index contributed by atoms with van der Waals surface area (Å²) in [6.07, 6.45) is 0.716. The number of aliphatic imine (C=N–C) groups is 1. The Balaban J connectivity index is 0.00000512. The summed E-state index contributed by atoms with van der Waals surface area (Å²) in [5, 5.41) is 11.9. The lowest BCUT2D eigenvalue weighted by Crippen LogP contribution is -2.41. The third kappa shape index (κ3) is 9.13. The summed E-state index contributed by atoms with van der Waals surface area (Å²) in [6, 6.07) is 14.6. The van der Waals surface area contributed by atoms with E-state index in [1.165, 1.54) is 0 Å². The lowest BCUT2D eigenvalue weighted by molar-refractivity contribution is 0.0949. The number of halogens is 1. The van der Waals surface area contributed by atoms with Crippen molar-refractivity contribution in [1.29, 1.82) is 0 Å². The number of amides is 2. The minimum atomic E-state index is -0.154. The second-order valence-corrected chi connectivity index (χ2v) is 6.70. The van der Waals surface area contributed by atoms with Crippen molar-refractivity contribution in [3.8, 4) is 5.75 Å². The molecular formula is C23H32IN5O3. The molecule has 0 atom stereocenters. The Morgan fingerprint density at radius 3 is 2.31 bits per heavy atom. The first-order valence-corrected chi connectivity index (χ1v) is 10.3. The number of hydrogen-bond donors (Lipinski definition) is 4. The van der Waals surface area contributed by atoms with Crippen molar-refractivity contribution in [2.45, 2.75) is 13.3 Å². The summed E-state index contributed by atoms with van der Waals surface area (Å²) in [7, 11) is 3.19. The van der Waals surface area contributed by atoms with E-state index in [9.17, 15) is 9.59 Å². The molecule has 2 aromatic carbocycles. The Bertz CT molecular complexity index is 905. The monoisotopic (exact) mass is 553 g/mol. The van der Waals surface area contributed by atoms with Gasteiger partial charge in [-0.15, -0.1) is 24.0 Å². The summed E-state index contributed by atoms with van der Waals surface area (Å²) in [5.41, 5.74) is 2.24. The summed E-state index contributed by atoms with van der Waals surface area (Å²) in [4.78, 5) is 28.6. The SMILES string of the molecule is CCNC(=NCCc1cccc(C(=O)NC)c1)NCCNC(=O)c1cccc(OC)c1.I. The molecule has 32 heavy (non-hydrogen) atoms. The van der Waals surface area contributed by atoms with E-state index >= 15 is 0 Å². The van der Waals surface area contributed by atoms with Crippen LogP contribution in [-0.2, 0) is 6.42 Å². The van der Waals surface area contributed by atoms with Crippen molar-refractivity contribution in [1.82, 2.24) is 21.3 Å². The smallest absolute Gasteiger partial charge is 0.251 e. The topological polar surface area (TPSA) is 104 Å². The molecule has 0 spiro atoms. The van der Waals surface area contributed by atoms with Gasteiger partial charge in [0.1, 0.15) is 5.75 Å². The van der Waals surface area contributed by atoms with E-state index in [0.717, 1.165) is 12.1 Å². The Labute approximate surface area is 206 Å². The highest BCUT2D eigenvalue weighted by atomic mass is 127. The average Bonchev–Trinajstić information content (AvgIpc) is 2.81. The number of guanidine groups is 1. The third-order valence-corrected chi connectivity index (χ3v) is 4.47. The number of nitrogens with zero attached hydrogens (tertiary/aromatic N) is 1. The molecule has 0 saturated heterocycles. The molecule has 0 aromatic heterocycles. The fraction of sp³-hybridized carbons (Fsp3) is 0.348. The van der Waals surface area contributed by atoms with Crippen LogP contribution in [-0.4, -0.2) is 58.1 Å². The van der Waals surface area contributed by atoms with Gasteiger partial charge in [0, 0.05) is 44.4 Å². The van der Waals surface area contributed by atoms with Crippen molar-refractivity contribution >= 4 is 41.8 Å². The first-order chi connectivity index (χ1) is 15.1. The molecule has 8 nitrogen and oxygen atoms in total. The summed E-state index contributed by atoms with van der Waals surface area (Å²) in [5.74, 6) is 1.07. The van der Waals surface area contributed by atoms with Crippen LogP contribution in [0, 0.1) is 0 Å². The first-order valence-electron chi connectivity index (χ1n) is 10.3. The molecule has 2 rings (SSSR count). The van der Waals surface area contributed by atoms with E-state index in [1.807, 2.05) is 25.1 Å². The molecule has 4 N–H and O–H groups in total. The van der Waals surface area contributed by atoms with Gasteiger partial charge in [0.05, 0.1) is 7.11 Å². The maximum atomic E-state index is 12.2. The van der Waals surface area contributed by atoms with Crippen LogP contribution in [0.4, 0.5) is 0 Å². The standard InChI is InChI=1S/C23H31N5O3.HI/c1-4-25-23(27-12-11-17-7-5-8-18(15-17)21(29)24-2)28-14-13-26-22(30)19-9-6-10-20(16-19)31-3;/h5-10,15-16H,4,11-14H2,1-3H3,(H,24,29)(H,26,30)(H2,25,27,28);1H. The fourth-order valence-corrected chi connectivity index (χ4v) is 2.87. The largest absolute Gasteiger partial charge is 0.497 e. The van der Waals surface area contributed by atoms with Crippen LogP contribution in [0.5, 0.6) is 5.75 Å². The Hall–Kier alpha value is -2.82. The molecule has 0 bridgehead atoms. The van der Waals surface area contributed by atoms with Crippen molar-refractivity contribution in [3.63, 3.8) is 0 Å². The van der Waals surface area contributed by atoms with E-state index < -0.39 is 0 Å². The second-order valence-electron chi connectivity index (χ2n) is 6.70. The fourth-order valence-electron chi connectivity index (χ4n) is 2.87. The van der Waals surface area contributed by atoms with Crippen LogP contribution in [0.1, 0.15) is 33.2 Å². The third-order valence-electron chi connectivity index (χ3n) is 4.47. The highest BCUT2D eigenvalue weighted by Gasteiger charge is 2.06. The molecule has 0 aliphatic carbocycles. The lowest BCUT2D eigenvalue weighted by Gasteiger charge is -2.12. The van der Waals surface area contributed by atoms with E-state index in [1.54, 1.807) is 44.5 Å². The average molecular weight is 553 g/mol. The number of benzene rings is 2. The Morgan fingerprint density at radius 1 is 0.938 bits per heavy atom. The number of ether oxygens (including phenoxy) is 1. The van der Waals surface area contributed by atoms with Crippen molar-refractivity contribution in [2.24, 2.45) is 4.99 Å². The zero-order valence-corrected chi connectivity index (χ0v) is 21.1. The zero-order valence-electron chi connectivity index (χ0n) is 18.7. The van der Waals surface area contributed by atoms with E-state index in [0.29, 0.717) is 48.9 Å². The van der Waals surface area contributed by atoms with E-state index in [-0.39, 0.29) is 35.8 Å². The molecule has 0 aliphatic rings. The Morgan fingerprint density at radius 2 is 1.62 bits per heavy atom. The number of carbonyl (C=O) groups excluding carboxylic acids is 2. The van der Waals surface area contributed by atoms with Crippen molar-refractivity contribution in [3.05, 3.63) is 65.2 Å². The van der Waals surface area contributed by atoms with Gasteiger partial charge in [0.15, 0.2) is 5.96 Å². The summed E-state index contributed by atoms with van der Waals surface area (Å²) in [6.45, 7) is 4.29. The number of hydrogen-bond acceptors (Lipinski definition) is 4. The van der Waals surface area contributed by atoms with Gasteiger partial charge in [-0.2, -0.15) is 0 Å². The molecule has 2 amide bonds. The maximum absolute atomic E-state index is 12.2. The van der Waals surface area contributed by atoms with Gasteiger partial charge < -0.3 is 26.0 Å². The number of carbonyl (C=O) groups is 2. The summed E-state index contributed by atoms with van der Waals surface area (Å²) < 4.78 is 5.15. The first kappa shape index (κ1) is 27.2. The molecule has 0 fully saturated rings. The number of methoxy groups -OCH3 is 1. The van der Waals surface area contributed by atoms with Crippen LogP contribution < -0.4 is 26.0 Å². The zero-order chi connectivity index (χ0) is 22.5. The van der Waals surface area contributed by atoms with Gasteiger partial charge in [-0.05, 0) is 49.2 Å². The molecule has 0 unspecified atom stereocenters. The number of rotatable bonds is 10. The van der Waals surface area contributed by atoms with Crippen LogP contribution >= 0.6 is 24.0 Å². The van der Waals surface area contributed by atoms with Gasteiger partial charge in [0.2, 0.25) is 0 Å². The van der Waals surface area contributed by atoms with Crippen LogP contribution in [0.25, 0.3) is 0 Å². The maximum Gasteiger partial charge on any atom is 0.251 e. The van der Waals surface area contributed by atoms with E-state index in [4.69, 9.17) is 4.74 Å². The van der Waals surface area contributed by atoms with Crippen LogP contribution in [0.2, 0.25) is 0 Å². The summed E-state index contributed by atoms with van der Waals surface area (Å²) >= 11 is 0. The molecular weight excluding hydrogens is 521 g/mol. The molecule has 0 saturated carbocycles. The van der Waals surface area contributed by atoms with Gasteiger partial charge in [0.25, 0.3) is 11.8 Å². The van der Waals surface area contributed by atoms with Gasteiger partial charge >= 0.3 is 0 Å². The molecule has 0 radical (unpaired) electrons. The predicted octanol–water partition coefficient (Wildman–Crippen LogP) is 2.20. The quantitative estimate of drug-likeness (QED) is 0.156. The van der Waals surface area contributed by atoms with Crippen molar-refractivity contribution in [2.75, 3.05) is 40.3 Å². The highest BCUT2D eigenvalue weighted by molar-refractivity contribution is 14.0. The second kappa shape index (κ2) is 15.1. The molecule has 0 aliphatic heterocycles. The van der Waals surface area contributed by atoms with Crippen LogP contribution in [0.3, 0.4) is 0 Å². The minimum absolute atomic E-state index is 0. The van der Waals surface area contributed by atoms with E-state index in [2.05, 4.69) is 26.3 Å². The lowest BCUT2D eigenvalue weighted by atomic mass is 10.1. The Kier molecular flexibility index (Phi) is 12.8. The van der Waals surface area contributed by atoms with Crippen molar-refractivity contribution < 1.29 is 14.3 Å². The molecule has 2 aromatic rings. The van der Waals surface area contributed by atoms with Gasteiger partial charge in [-0.1, -0.05) is 18.2 Å². The highest BCUT2D eigenvalue weighted by Crippen LogP contribution is 2.12. The normalized spacial score (nSPS) is 10.5. The molecule has 0 heterocycles. The molecule has 9 heteroatoms.